The van der Waals surface area contributed by atoms with Crippen LogP contribution < -0.4 is 0 Å². The van der Waals surface area contributed by atoms with E-state index in [1.54, 1.807) is 0 Å². The summed E-state index contributed by atoms with van der Waals surface area (Å²) in [5.74, 6) is 2.03. The molecule has 0 fully saturated rings. The molecule has 3 nitrogen and oxygen atoms in total. The Hall–Kier alpha value is -4.62. The summed E-state index contributed by atoms with van der Waals surface area (Å²) in [4.78, 5) is 14.9. The van der Waals surface area contributed by atoms with E-state index in [1.807, 2.05) is 60.7 Å². The van der Waals surface area contributed by atoms with Crippen LogP contribution in [0.15, 0.2) is 140 Å². The Balaban J connectivity index is 1.36. The van der Waals surface area contributed by atoms with Gasteiger partial charge in [-0.15, -0.1) is 0 Å². The van der Waals surface area contributed by atoms with Crippen molar-refractivity contribution < 1.29 is 0 Å². The van der Waals surface area contributed by atoms with E-state index >= 15 is 0 Å². The third-order valence-corrected chi connectivity index (χ3v) is 11.0. The van der Waals surface area contributed by atoms with Crippen LogP contribution in [-0.2, 0) is 0 Å². The Kier molecular flexibility index (Phi) is 5.95. The summed E-state index contributed by atoms with van der Waals surface area (Å²) in [5, 5.41) is 5.15. The number of aromatic nitrogens is 3. The van der Waals surface area contributed by atoms with Gasteiger partial charge in [-0.05, 0) is 0 Å². The predicted molar refractivity (Wildman–Crippen MR) is 171 cm³/mol. The van der Waals surface area contributed by atoms with Gasteiger partial charge < -0.3 is 0 Å². The number of nitrogens with zero attached hydrogens (tertiary/aromatic N) is 3. The van der Waals surface area contributed by atoms with Crippen molar-refractivity contribution in [3.05, 3.63) is 140 Å². The van der Waals surface area contributed by atoms with Gasteiger partial charge in [-0.2, -0.15) is 0 Å². The van der Waals surface area contributed by atoms with Crippen molar-refractivity contribution >= 4 is 48.8 Å². The average molecular weight is 637 g/mol. The van der Waals surface area contributed by atoms with E-state index in [-0.39, 0.29) is 0 Å². The number of fused-ring (bicyclic) bond motifs is 4. The fraction of sp³-hybridized carbons (Fsp3) is 0. The topological polar surface area (TPSA) is 38.7 Å². The molecule has 0 saturated heterocycles. The fourth-order valence-corrected chi connectivity index (χ4v) is 9.14. The Labute approximate surface area is 247 Å². The second kappa shape index (κ2) is 10.1. The summed E-state index contributed by atoms with van der Waals surface area (Å²) in [6.45, 7) is 0. The maximum absolute atomic E-state index is 5.02. The predicted octanol–water partition coefficient (Wildman–Crippen LogP) is 9.06. The van der Waals surface area contributed by atoms with Gasteiger partial charge >= 0.3 is 236 Å². The van der Waals surface area contributed by atoms with E-state index in [4.69, 9.17) is 15.0 Å². The molecule has 0 aliphatic carbocycles. The summed E-state index contributed by atoms with van der Waals surface area (Å²) in [5.41, 5.74) is 5.55. The zero-order valence-electron chi connectivity index (χ0n) is 22.0. The van der Waals surface area contributed by atoms with Crippen LogP contribution in [0, 0.1) is 0 Å². The first-order valence-corrected chi connectivity index (χ1v) is 16.0. The van der Waals surface area contributed by atoms with E-state index in [9.17, 15) is 0 Å². The molecular formula is C37H23N3Te. The van der Waals surface area contributed by atoms with Crippen LogP contribution >= 0.6 is 0 Å². The van der Waals surface area contributed by atoms with Crippen molar-refractivity contribution in [2.45, 2.75) is 0 Å². The van der Waals surface area contributed by atoms with E-state index in [0.717, 1.165) is 22.1 Å². The van der Waals surface area contributed by atoms with Crippen LogP contribution in [0.25, 0.3) is 73.6 Å². The molecule has 0 atom stereocenters. The van der Waals surface area contributed by atoms with Gasteiger partial charge in [-0.3, -0.25) is 0 Å². The van der Waals surface area contributed by atoms with Crippen molar-refractivity contribution in [3.8, 4) is 45.3 Å². The average Bonchev–Trinajstić information content (AvgIpc) is 3.44. The normalized spacial score (nSPS) is 11.4. The summed E-state index contributed by atoms with van der Waals surface area (Å²) in [6, 6.07) is 49.1. The molecule has 2 heterocycles. The number of benzene rings is 6. The van der Waals surface area contributed by atoms with Crippen molar-refractivity contribution in [2.24, 2.45) is 0 Å². The summed E-state index contributed by atoms with van der Waals surface area (Å²) in [6.07, 6.45) is 0. The summed E-state index contributed by atoms with van der Waals surface area (Å²) < 4.78 is 3.04. The Bertz CT molecular complexity index is 2140. The van der Waals surface area contributed by atoms with Crippen molar-refractivity contribution in [1.29, 1.82) is 0 Å². The third-order valence-electron chi connectivity index (χ3n) is 7.56. The zero-order chi connectivity index (χ0) is 27.2. The molecule has 0 bridgehead atoms. The first kappa shape index (κ1) is 24.2. The molecule has 0 spiro atoms. The van der Waals surface area contributed by atoms with Crippen LogP contribution in [0.1, 0.15) is 0 Å². The molecule has 192 valence electrons. The molecule has 4 heteroatoms. The molecule has 0 saturated carbocycles. The van der Waals surface area contributed by atoms with Gasteiger partial charge in [0.15, 0.2) is 0 Å². The molecule has 41 heavy (non-hydrogen) atoms. The molecule has 0 unspecified atom stereocenters. The molecule has 0 aliphatic rings. The Morgan fingerprint density at radius 2 is 0.829 bits per heavy atom. The molecule has 0 N–H and O–H groups in total. The summed E-state index contributed by atoms with van der Waals surface area (Å²) in [7, 11) is 0. The number of hydrogen-bond donors (Lipinski definition) is 0. The molecule has 0 amide bonds. The van der Waals surface area contributed by atoms with Gasteiger partial charge in [-0.1, -0.05) is 12.1 Å². The van der Waals surface area contributed by atoms with E-state index in [1.165, 1.54) is 34.1 Å². The molecule has 2 aromatic heterocycles. The Morgan fingerprint density at radius 3 is 1.51 bits per heavy atom. The molecule has 6 aromatic carbocycles. The summed E-state index contributed by atoms with van der Waals surface area (Å²) >= 11 is -0.466. The standard InChI is InChI=1S/C37H23N3Te/c1-3-12-24(13-4-1)35-38-36(25-14-5-2-6-15-25)40-37(39-35)32-22-10-17-26-27(18-9-19-28(26)32)30-20-11-21-31-29-16-7-8-23-33(29)41-34(30)31/h1-23H. The van der Waals surface area contributed by atoms with Crippen molar-refractivity contribution in [3.63, 3.8) is 0 Å². The van der Waals surface area contributed by atoms with Gasteiger partial charge in [0.1, 0.15) is 0 Å². The first-order chi connectivity index (χ1) is 20.3. The Morgan fingerprint density at radius 1 is 0.341 bits per heavy atom. The van der Waals surface area contributed by atoms with Crippen LogP contribution in [0.3, 0.4) is 0 Å². The van der Waals surface area contributed by atoms with E-state index in [0.29, 0.717) is 17.5 Å². The minimum atomic E-state index is -0.466. The van der Waals surface area contributed by atoms with Crippen LogP contribution in [0.5, 0.6) is 0 Å². The van der Waals surface area contributed by atoms with Gasteiger partial charge in [0.05, 0.1) is 0 Å². The minimum absolute atomic E-state index is 0.466. The molecular weight excluding hydrogens is 614 g/mol. The van der Waals surface area contributed by atoms with Crippen LogP contribution in [0.2, 0.25) is 0 Å². The molecule has 8 aromatic rings. The van der Waals surface area contributed by atoms with Crippen LogP contribution in [-0.4, -0.2) is 35.4 Å². The zero-order valence-corrected chi connectivity index (χ0v) is 24.4. The maximum atomic E-state index is 5.02. The quantitative estimate of drug-likeness (QED) is 0.181. The SMILES string of the molecule is c1ccc(-c2nc(-c3ccccc3)nc(-c3cccc4c(-c5cccc6c5[te]c5ccccc56)cccc34)n2)cc1. The monoisotopic (exact) mass is 639 g/mol. The van der Waals surface area contributed by atoms with Gasteiger partial charge in [0, 0.05) is 0 Å². The number of rotatable bonds is 4. The molecule has 8 rings (SSSR count). The molecule has 0 radical (unpaired) electrons. The van der Waals surface area contributed by atoms with Crippen molar-refractivity contribution in [2.75, 3.05) is 0 Å². The fourth-order valence-electron chi connectivity index (χ4n) is 5.63. The first-order valence-electron chi connectivity index (χ1n) is 13.6. The van der Waals surface area contributed by atoms with E-state index < -0.39 is 20.4 Å². The van der Waals surface area contributed by atoms with Gasteiger partial charge in [0.25, 0.3) is 0 Å². The van der Waals surface area contributed by atoms with Crippen molar-refractivity contribution in [1.82, 2.24) is 15.0 Å². The third kappa shape index (κ3) is 4.24. The second-order valence-electron chi connectivity index (χ2n) is 10.0. The second-order valence-corrected chi connectivity index (χ2v) is 13.0. The van der Waals surface area contributed by atoms with Crippen LogP contribution in [0.4, 0.5) is 0 Å². The van der Waals surface area contributed by atoms with Gasteiger partial charge in [-0.25, -0.2) is 0 Å². The molecule has 0 aliphatic heterocycles. The number of hydrogen-bond acceptors (Lipinski definition) is 3. The van der Waals surface area contributed by atoms with E-state index in [2.05, 4.69) is 78.9 Å². The van der Waals surface area contributed by atoms with Gasteiger partial charge in [0.2, 0.25) is 0 Å².